The first-order chi connectivity index (χ1) is 27.0. The van der Waals surface area contributed by atoms with Crippen molar-refractivity contribution in [2.45, 2.75) is 187 Å². The van der Waals surface area contributed by atoms with Crippen LogP contribution in [0.5, 0.6) is 0 Å². The van der Waals surface area contributed by atoms with Gasteiger partial charge in [0.15, 0.2) is 0 Å². The highest BCUT2D eigenvalue weighted by atomic mass is 14.5. The molecule has 0 spiro atoms. The van der Waals surface area contributed by atoms with Gasteiger partial charge in [-0.1, -0.05) is 184 Å². The van der Waals surface area contributed by atoms with Crippen LogP contribution in [0.25, 0.3) is 0 Å². The monoisotopic (exact) mass is 743 g/mol. The normalized spacial score (nSPS) is 11.4. The Balaban J connectivity index is 0.963. The zero-order chi connectivity index (χ0) is 38.8. The van der Waals surface area contributed by atoms with Crippen LogP contribution in [0.15, 0.2) is 84.9 Å². The van der Waals surface area contributed by atoms with Crippen molar-refractivity contribution < 1.29 is 0 Å². The number of nitrogen functional groups attached to an aromatic ring is 2. The zero-order valence-corrected chi connectivity index (χ0v) is 35.3. The predicted octanol–water partition coefficient (Wildman–Crippen LogP) is 15.1. The summed E-state index contributed by atoms with van der Waals surface area (Å²) >= 11 is 0. The first-order valence-corrected chi connectivity index (χ1v) is 22.9. The molecule has 4 aromatic carbocycles. The number of hydrogen-bond donors (Lipinski definition) is 2. The Hall–Kier alpha value is -3.52. The fraction of sp³-hybridized carbons (Fsp3) is 0.547. The second-order valence-electron chi connectivity index (χ2n) is 16.8. The molecule has 0 atom stereocenters. The van der Waals surface area contributed by atoms with Crippen LogP contribution in [0.4, 0.5) is 11.4 Å². The molecule has 0 aliphatic rings. The third-order valence-corrected chi connectivity index (χ3v) is 11.8. The molecule has 2 heteroatoms. The van der Waals surface area contributed by atoms with Crippen LogP contribution in [0.1, 0.15) is 193 Å². The van der Waals surface area contributed by atoms with Gasteiger partial charge in [0.05, 0.1) is 0 Å². The van der Waals surface area contributed by atoms with Crippen molar-refractivity contribution in [2.75, 3.05) is 11.5 Å². The van der Waals surface area contributed by atoms with E-state index in [0.717, 1.165) is 37.1 Å². The maximum atomic E-state index is 6.14. The smallest absolute Gasteiger partial charge is 0.0316 e. The molecule has 0 saturated carbocycles. The van der Waals surface area contributed by atoms with E-state index in [-0.39, 0.29) is 0 Å². The van der Waals surface area contributed by atoms with Crippen LogP contribution in [0, 0.1) is 0 Å². The first-order valence-electron chi connectivity index (χ1n) is 22.9. The number of unbranched alkanes of at least 4 members (excludes halogenated alkanes) is 18. The molecule has 0 fully saturated rings. The molecule has 300 valence electrons. The Kier molecular flexibility index (Phi) is 21.8. The van der Waals surface area contributed by atoms with Crippen molar-refractivity contribution in [1.29, 1.82) is 0 Å². The fourth-order valence-electron chi connectivity index (χ4n) is 8.28. The largest absolute Gasteiger partial charge is 0.399 e. The average molecular weight is 743 g/mol. The number of aryl methyl sites for hydroxylation is 4. The van der Waals surface area contributed by atoms with E-state index in [9.17, 15) is 0 Å². The number of benzene rings is 4. The van der Waals surface area contributed by atoms with Crippen LogP contribution in [-0.2, 0) is 38.5 Å². The standard InChI is InChI=1S/C53H78N2/c1-3-5-7-22-26-48-42-52(54)38-36-50(48)40-46-32-28-44(29-33-46)24-20-18-16-14-12-10-9-11-13-15-17-19-21-25-45-30-34-47(35-31-45)41-51-37-39-53(55)43-49(51)27-23-8-6-4-2/h28-39,42-43H,3-27,40-41,54-55H2,1-2H3. The maximum Gasteiger partial charge on any atom is 0.0316 e. The van der Waals surface area contributed by atoms with Gasteiger partial charge >= 0.3 is 0 Å². The van der Waals surface area contributed by atoms with E-state index < -0.39 is 0 Å². The van der Waals surface area contributed by atoms with Gasteiger partial charge in [0.1, 0.15) is 0 Å². The van der Waals surface area contributed by atoms with Crippen molar-refractivity contribution >= 4 is 11.4 Å². The summed E-state index contributed by atoms with van der Waals surface area (Å²) in [6, 6.07) is 31.9. The average Bonchev–Trinajstić information content (AvgIpc) is 3.19. The molecular formula is C53H78N2. The molecule has 0 radical (unpaired) electrons. The molecule has 0 amide bonds. The van der Waals surface area contributed by atoms with Crippen LogP contribution >= 0.6 is 0 Å². The minimum atomic E-state index is 0.892. The van der Waals surface area contributed by atoms with Crippen LogP contribution in [0.3, 0.4) is 0 Å². The Labute approximate surface area is 338 Å². The lowest BCUT2D eigenvalue weighted by molar-refractivity contribution is 0.536. The molecule has 4 rings (SSSR count). The predicted molar refractivity (Wildman–Crippen MR) is 243 cm³/mol. The van der Waals surface area contributed by atoms with Gasteiger partial charge in [-0.3, -0.25) is 0 Å². The number of nitrogens with two attached hydrogens (primary N) is 2. The Morgan fingerprint density at radius 2 is 0.582 bits per heavy atom. The summed E-state index contributed by atoms with van der Waals surface area (Å²) in [4.78, 5) is 0. The van der Waals surface area contributed by atoms with Gasteiger partial charge in [-0.05, 0) is 133 Å². The SMILES string of the molecule is CCCCCCc1cc(N)ccc1Cc1ccc(CCCCCCCCCCCCCCCc2ccc(Cc3ccc(N)cc3CCCCCC)cc2)cc1. The highest BCUT2D eigenvalue weighted by Gasteiger charge is 2.08. The first kappa shape index (κ1) is 44.2. The number of hydrogen-bond acceptors (Lipinski definition) is 2. The summed E-state index contributed by atoms with van der Waals surface area (Å²) in [6.07, 6.45) is 35.1. The molecule has 4 aromatic rings. The van der Waals surface area contributed by atoms with E-state index in [4.69, 9.17) is 11.5 Å². The highest BCUT2D eigenvalue weighted by molar-refractivity contribution is 5.47. The Morgan fingerprint density at radius 1 is 0.291 bits per heavy atom. The van der Waals surface area contributed by atoms with E-state index in [1.165, 1.54) is 192 Å². The lowest BCUT2D eigenvalue weighted by atomic mass is 9.94. The molecule has 0 unspecified atom stereocenters. The highest BCUT2D eigenvalue weighted by Crippen LogP contribution is 2.23. The summed E-state index contributed by atoms with van der Waals surface area (Å²) in [6.45, 7) is 4.55. The lowest BCUT2D eigenvalue weighted by Gasteiger charge is -2.12. The quantitative estimate of drug-likeness (QED) is 0.0413. The molecule has 0 bridgehead atoms. The molecular weight excluding hydrogens is 665 g/mol. The van der Waals surface area contributed by atoms with Crippen molar-refractivity contribution in [3.8, 4) is 0 Å². The minimum absolute atomic E-state index is 0.892. The van der Waals surface area contributed by atoms with Gasteiger partial charge in [-0.2, -0.15) is 0 Å². The van der Waals surface area contributed by atoms with Crippen LogP contribution < -0.4 is 11.5 Å². The van der Waals surface area contributed by atoms with Gasteiger partial charge in [-0.25, -0.2) is 0 Å². The molecule has 0 aliphatic carbocycles. The second-order valence-corrected chi connectivity index (χ2v) is 16.8. The topological polar surface area (TPSA) is 52.0 Å². The van der Waals surface area contributed by atoms with E-state index >= 15 is 0 Å². The molecule has 0 heterocycles. The van der Waals surface area contributed by atoms with Crippen molar-refractivity contribution in [3.63, 3.8) is 0 Å². The molecule has 55 heavy (non-hydrogen) atoms. The van der Waals surface area contributed by atoms with Crippen molar-refractivity contribution in [1.82, 2.24) is 0 Å². The third-order valence-electron chi connectivity index (χ3n) is 11.8. The maximum absolute atomic E-state index is 6.14. The van der Waals surface area contributed by atoms with Crippen molar-refractivity contribution in [2.24, 2.45) is 0 Å². The van der Waals surface area contributed by atoms with Gasteiger partial charge in [0.25, 0.3) is 0 Å². The molecule has 0 aromatic heterocycles. The summed E-state index contributed by atoms with van der Waals surface area (Å²) in [5, 5.41) is 0. The lowest BCUT2D eigenvalue weighted by Crippen LogP contribution is -1.99. The van der Waals surface area contributed by atoms with E-state index in [2.05, 4.69) is 98.8 Å². The molecule has 0 aliphatic heterocycles. The number of anilines is 2. The summed E-state index contributed by atoms with van der Waals surface area (Å²) in [5.41, 5.74) is 25.6. The Bertz CT molecular complexity index is 1450. The van der Waals surface area contributed by atoms with E-state index in [0.29, 0.717) is 0 Å². The van der Waals surface area contributed by atoms with Crippen molar-refractivity contribution in [3.05, 3.63) is 129 Å². The van der Waals surface area contributed by atoms with Crippen LogP contribution in [-0.4, -0.2) is 0 Å². The zero-order valence-electron chi connectivity index (χ0n) is 35.3. The van der Waals surface area contributed by atoms with Gasteiger partial charge < -0.3 is 11.5 Å². The molecule has 4 N–H and O–H groups in total. The summed E-state index contributed by atoms with van der Waals surface area (Å²) in [5.74, 6) is 0. The van der Waals surface area contributed by atoms with Gasteiger partial charge in [0, 0.05) is 11.4 Å². The van der Waals surface area contributed by atoms with E-state index in [1.54, 1.807) is 0 Å². The molecule has 0 saturated heterocycles. The second kappa shape index (κ2) is 27.1. The van der Waals surface area contributed by atoms with E-state index in [1.807, 2.05) is 0 Å². The fourth-order valence-corrected chi connectivity index (χ4v) is 8.28. The molecule has 2 nitrogen and oxygen atoms in total. The Morgan fingerprint density at radius 3 is 0.927 bits per heavy atom. The van der Waals surface area contributed by atoms with Gasteiger partial charge in [-0.15, -0.1) is 0 Å². The summed E-state index contributed by atoms with van der Waals surface area (Å²) in [7, 11) is 0. The van der Waals surface area contributed by atoms with Gasteiger partial charge in [0.2, 0.25) is 0 Å². The number of rotatable bonds is 30. The third kappa shape index (κ3) is 18.3. The van der Waals surface area contributed by atoms with Crippen LogP contribution in [0.2, 0.25) is 0 Å². The minimum Gasteiger partial charge on any atom is -0.399 e. The summed E-state index contributed by atoms with van der Waals surface area (Å²) < 4.78 is 0.